The van der Waals surface area contributed by atoms with Crippen LogP contribution in [0.25, 0.3) is 0 Å². The monoisotopic (exact) mass is 536 g/mol. The van der Waals surface area contributed by atoms with Crippen LogP contribution in [0.4, 0.5) is 0 Å². The lowest BCUT2D eigenvalue weighted by Crippen LogP contribution is -2.33. The van der Waals surface area contributed by atoms with E-state index in [1.165, 1.54) is 0 Å². The molecule has 11 heteroatoms. The lowest BCUT2D eigenvalue weighted by Gasteiger charge is -2.23. The maximum Gasteiger partial charge on any atom is 0.0701 e. The van der Waals surface area contributed by atoms with Crippen molar-refractivity contribution in [2.24, 2.45) is 0 Å². The van der Waals surface area contributed by atoms with Gasteiger partial charge in [0.25, 0.3) is 0 Å². The summed E-state index contributed by atoms with van der Waals surface area (Å²) in [6.07, 6.45) is 1.96. The minimum atomic E-state index is 0.593. The SMILES string of the molecule is C(COCCOCCOCCCN1CCOCCOCCOCC1)CN1CCOCCOCCOCC1. The molecule has 0 aromatic carbocycles. The zero-order valence-corrected chi connectivity index (χ0v) is 23.0. The van der Waals surface area contributed by atoms with Crippen molar-refractivity contribution in [1.29, 1.82) is 0 Å². The molecule has 0 N–H and O–H groups in total. The Balaban J connectivity index is 1.35. The van der Waals surface area contributed by atoms with Crippen LogP contribution >= 0.6 is 0 Å². The Morgan fingerprint density at radius 3 is 0.946 bits per heavy atom. The molecule has 0 bridgehead atoms. The third-order valence-electron chi connectivity index (χ3n) is 5.97. The molecule has 37 heavy (non-hydrogen) atoms. The highest BCUT2D eigenvalue weighted by molar-refractivity contribution is 4.59. The first-order valence-corrected chi connectivity index (χ1v) is 14.1. The predicted octanol–water partition coefficient (Wildman–Crippen LogP) is 0.547. The van der Waals surface area contributed by atoms with Crippen LogP contribution in [0.2, 0.25) is 0 Å². The van der Waals surface area contributed by atoms with Crippen molar-refractivity contribution in [2.75, 3.05) is 158 Å². The average Bonchev–Trinajstić information content (AvgIpc) is 2.89. The van der Waals surface area contributed by atoms with Gasteiger partial charge in [0.15, 0.2) is 0 Å². The van der Waals surface area contributed by atoms with E-state index in [-0.39, 0.29) is 0 Å². The third-order valence-corrected chi connectivity index (χ3v) is 5.97. The van der Waals surface area contributed by atoms with E-state index in [1.54, 1.807) is 0 Å². The Morgan fingerprint density at radius 1 is 0.351 bits per heavy atom. The van der Waals surface area contributed by atoms with Crippen LogP contribution in [0, 0.1) is 0 Å². The highest BCUT2D eigenvalue weighted by atomic mass is 16.6. The largest absolute Gasteiger partial charge is 0.379 e. The normalized spacial score (nSPS) is 21.4. The fourth-order valence-electron chi connectivity index (χ4n) is 3.85. The van der Waals surface area contributed by atoms with E-state index in [2.05, 4.69) is 9.80 Å². The fraction of sp³-hybridized carbons (Fsp3) is 1.00. The van der Waals surface area contributed by atoms with Gasteiger partial charge in [0.05, 0.1) is 106 Å². The zero-order valence-electron chi connectivity index (χ0n) is 23.0. The van der Waals surface area contributed by atoms with E-state index < -0.39 is 0 Å². The first kappa shape index (κ1) is 32.8. The van der Waals surface area contributed by atoms with Gasteiger partial charge in [-0.25, -0.2) is 0 Å². The van der Waals surface area contributed by atoms with Crippen LogP contribution in [0.1, 0.15) is 12.8 Å². The van der Waals surface area contributed by atoms with Crippen molar-refractivity contribution < 1.29 is 42.6 Å². The van der Waals surface area contributed by atoms with Gasteiger partial charge in [0.2, 0.25) is 0 Å². The lowest BCUT2D eigenvalue weighted by molar-refractivity contribution is -0.00961. The standard InChI is InChI=1S/C26H52N2O9/c1(3-27-5-11-31-17-23-36-24-18-32-12-6-27)9-29-15-21-35-22-16-30-10-2-4-28-7-13-33-19-25-37-26-20-34-14-8-28/h1-26H2. The summed E-state index contributed by atoms with van der Waals surface area (Å²) >= 11 is 0. The van der Waals surface area contributed by atoms with Gasteiger partial charge in [0, 0.05) is 52.5 Å². The molecule has 0 saturated carbocycles. The van der Waals surface area contributed by atoms with Crippen molar-refractivity contribution in [3.63, 3.8) is 0 Å². The van der Waals surface area contributed by atoms with E-state index in [9.17, 15) is 0 Å². The molecule has 0 amide bonds. The molecule has 0 spiro atoms. The molecule has 0 atom stereocenters. The summed E-state index contributed by atoms with van der Waals surface area (Å²) in [6.45, 7) is 17.4. The van der Waals surface area contributed by atoms with Crippen LogP contribution in [0.5, 0.6) is 0 Å². The highest BCUT2D eigenvalue weighted by Crippen LogP contribution is 1.97. The van der Waals surface area contributed by atoms with Crippen LogP contribution in [0.3, 0.4) is 0 Å². The fourth-order valence-corrected chi connectivity index (χ4v) is 3.85. The number of ether oxygens (including phenoxy) is 9. The van der Waals surface area contributed by atoms with Gasteiger partial charge in [-0.2, -0.15) is 0 Å². The summed E-state index contributed by atoms with van der Waals surface area (Å²) in [7, 11) is 0. The number of rotatable bonds is 14. The molecule has 2 heterocycles. The molecule has 2 rings (SSSR count). The Hall–Kier alpha value is -0.440. The molecule has 2 saturated heterocycles. The number of hydrogen-bond donors (Lipinski definition) is 0. The number of nitrogens with zero attached hydrogens (tertiary/aromatic N) is 2. The quantitative estimate of drug-likeness (QED) is 0.292. The van der Waals surface area contributed by atoms with E-state index in [0.717, 1.165) is 91.8 Å². The van der Waals surface area contributed by atoms with Gasteiger partial charge < -0.3 is 42.6 Å². The topological polar surface area (TPSA) is 89.6 Å². The molecule has 0 aromatic heterocycles. The molecule has 220 valence electrons. The lowest BCUT2D eigenvalue weighted by atomic mass is 10.4. The first-order chi connectivity index (χ1) is 18.4. The van der Waals surface area contributed by atoms with Crippen LogP contribution in [0.15, 0.2) is 0 Å². The summed E-state index contributed by atoms with van der Waals surface area (Å²) < 4.78 is 50.4. The Bertz CT molecular complexity index is 415. The summed E-state index contributed by atoms with van der Waals surface area (Å²) in [5.74, 6) is 0. The first-order valence-electron chi connectivity index (χ1n) is 14.1. The maximum atomic E-state index is 5.72. The van der Waals surface area contributed by atoms with Gasteiger partial charge >= 0.3 is 0 Å². The van der Waals surface area contributed by atoms with E-state index in [4.69, 9.17) is 42.6 Å². The second-order valence-corrected chi connectivity index (χ2v) is 8.90. The minimum absolute atomic E-state index is 0.593. The molecule has 0 unspecified atom stereocenters. The molecule has 11 nitrogen and oxygen atoms in total. The predicted molar refractivity (Wildman–Crippen MR) is 139 cm³/mol. The molecule has 0 radical (unpaired) electrons. The van der Waals surface area contributed by atoms with Gasteiger partial charge in [-0.1, -0.05) is 0 Å². The van der Waals surface area contributed by atoms with Crippen molar-refractivity contribution in [1.82, 2.24) is 9.80 Å². The Morgan fingerprint density at radius 2 is 0.622 bits per heavy atom. The Kier molecular flexibility index (Phi) is 22.9. The Labute approximate surface area is 223 Å². The van der Waals surface area contributed by atoms with Crippen molar-refractivity contribution in [2.45, 2.75) is 12.8 Å². The van der Waals surface area contributed by atoms with Gasteiger partial charge in [0.1, 0.15) is 0 Å². The highest BCUT2D eigenvalue weighted by Gasteiger charge is 2.07. The maximum absolute atomic E-state index is 5.72. The van der Waals surface area contributed by atoms with E-state index in [0.29, 0.717) is 79.3 Å². The van der Waals surface area contributed by atoms with Crippen molar-refractivity contribution >= 4 is 0 Å². The molecule has 0 aliphatic carbocycles. The van der Waals surface area contributed by atoms with Gasteiger partial charge in [-0.05, 0) is 12.8 Å². The second kappa shape index (κ2) is 25.8. The molecular formula is C26H52N2O9. The molecule has 2 aliphatic heterocycles. The van der Waals surface area contributed by atoms with Crippen LogP contribution < -0.4 is 0 Å². The van der Waals surface area contributed by atoms with Gasteiger partial charge in [-0.3, -0.25) is 9.80 Å². The molecule has 2 fully saturated rings. The molecule has 0 aromatic rings. The summed E-state index contributed by atoms with van der Waals surface area (Å²) in [4.78, 5) is 4.74. The van der Waals surface area contributed by atoms with Gasteiger partial charge in [-0.15, -0.1) is 0 Å². The zero-order chi connectivity index (χ0) is 25.9. The summed E-state index contributed by atoms with van der Waals surface area (Å²) in [6, 6.07) is 0. The average molecular weight is 537 g/mol. The number of hydrogen-bond acceptors (Lipinski definition) is 11. The van der Waals surface area contributed by atoms with Crippen LogP contribution in [-0.4, -0.2) is 168 Å². The molecule has 2 aliphatic rings. The smallest absolute Gasteiger partial charge is 0.0701 e. The van der Waals surface area contributed by atoms with Crippen molar-refractivity contribution in [3.05, 3.63) is 0 Å². The summed E-state index contributed by atoms with van der Waals surface area (Å²) in [5.41, 5.74) is 0. The van der Waals surface area contributed by atoms with E-state index in [1.807, 2.05) is 0 Å². The third kappa shape index (κ3) is 21.1. The van der Waals surface area contributed by atoms with Crippen molar-refractivity contribution in [3.8, 4) is 0 Å². The minimum Gasteiger partial charge on any atom is -0.379 e. The van der Waals surface area contributed by atoms with E-state index >= 15 is 0 Å². The summed E-state index contributed by atoms with van der Waals surface area (Å²) in [5, 5.41) is 0. The second-order valence-electron chi connectivity index (χ2n) is 8.90. The van der Waals surface area contributed by atoms with Crippen LogP contribution in [-0.2, 0) is 42.6 Å². The molecular weight excluding hydrogens is 484 g/mol.